The van der Waals surface area contributed by atoms with Gasteiger partial charge in [-0.1, -0.05) is 51.3 Å². The second-order valence-electron chi connectivity index (χ2n) is 10.3. The molecule has 1 unspecified atom stereocenters. The Bertz CT molecular complexity index is 1670. The van der Waals surface area contributed by atoms with Gasteiger partial charge in [-0.2, -0.15) is 4.31 Å². The summed E-state index contributed by atoms with van der Waals surface area (Å²) in [5.41, 5.74) is -0.276. The van der Waals surface area contributed by atoms with Crippen molar-refractivity contribution in [1.29, 1.82) is 0 Å². The summed E-state index contributed by atoms with van der Waals surface area (Å²) in [6.45, 7) is 1.33. The minimum atomic E-state index is -4.26. The van der Waals surface area contributed by atoms with Crippen molar-refractivity contribution in [2.45, 2.75) is 42.1 Å². The van der Waals surface area contributed by atoms with Crippen LogP contribution in [0.2, 0.25) is 10.0 Å². The van der Waals surface area contributed by atoms with Crippen molar-refractivity contribution in [3.63, 3.8) is 0 Å². The van der Waals surface area contributed by atoms with Crippen LogP contribution in [-0.4, -0.2) is 65.9 Å². The molecule has 1 N–H and O–H groups in total. The Hall–Kier alpha value is -1.80. The van der Waals surface area contributed by atoms with Gasteiger partial charge in [0.1, 0.15) is 5.54 Å². The number of aromatic nitrogens is 2. The number of carbonyl (C=O) groups excluding carboxylic acids is 1. The second kappa shape index (κ2) is 11.3. The van der Waals surface area contributed by atoms with Gasteiger partial charge in [-0.25, -0.2) is 18.3 Å². The molecule has 0 spiro atoms. The zero-order valence-corrected chi connectivity index (χ0v) is 27.6. The third kappa shape index (κ3) is 5.16. The highest BCUT2D eigenvalue weighted by molar-refractivity contribution is 9.10. The lowest BCUT2D eigenvalue weighted by Gasteiger charge is -2.39. The molecule has 0 radical (unpaired) electrons. The predicted molar refractivity (Wildman–Crippen MR) is 162 cm³/mol. The van der Waals surface area contributed by atoms with Crippen LogP contribution in [0.5, 0.6) is 0 Å². The van der Waals surface area contributed by atoms with E-state index >= 15 is 0 Å². The number of nitrogens with zero attached hydrogens (tertiary/aromatic N) is 4. The van der Waals surface area contributed by atoms with Gasteiger partial charge in [-0.15, -0.1) is 0 Å². The molecule has 3 aromatic rings. The van der Waals surface area contributed by atoms with Crippen LogP contribution in [0, 0.1) is 0 Å². The third-order valence-electron chi connectivity index (χ3n) is 7.75. The summed E-state index contributed by atoms with van der Waals surface area (Å²) < 4.78 is 54.6. The van der Waals surface area contributed by atoms with Crippen LogP contribution in [0.4, 0.5) is 11.6 Å². The summed E-state index contributed by atoms with van der Waals surface area (Å²) in [5, 5.41) is 9.58. The van der Waals surface area contributed by atoms with Crippen molar-refractivity contribution in [3.05, 3.63) is 68.7 Å². The van der Waals surface area contributed by atoms with Crippen LogP contribution in [0.3, 0.4) is 0 Å². The number of carbonyl (C=O) groups is 1. The number of fused-ring (bicyclic) bond motifs is 1. The Kier molecular flexibility index (Phi) is 8.49. The standard InChI is InChI=1S/C26H28BrCl2N4O7PS/c1-25(15-17-4-6-18(27)7-5-17)23(34)32(21-13-19(28)12-20(29)14-21)24-30-16-22(33(24)25)42(37,38)31-10-8-26(35,9-11-31)41(36,39-2)40-3/h4-7,12-14,16,35H,8-11,15H2,1-3H3. The number of hydrogen-bond acceptors (Lipinski definition) is 8. The second-order valence-corrected chi connectivity index (χ2v) is 16.6. The minimum Gasteiger partial charge on any atom is -0.377 e. The number of sulfonamides is 1. The van der Waals surface area contributed by atoms with Crippen LogP contribution < -0.4 is 4.90 Å². The fourth-order valence-electron chi connectivity index (χ4n) is 5.52. The topological polar surface area (TPSA) is 131 Å². The van der Waals surface area contributed by atoms with Gasteiger partial charge in [0, 0.05) is 61.1 Å². The molecule has 1 amide bonds. The highest BCUT2D eigenvalue weighted by Gasteiger charge is 2.55. The molecule has 3 heterocycles. The van der Waals surface area contributed by atoms with E-state index < -0.39 is 34.4 Å². The van der Waals surface area contributed by atoms with Crippen LogP contribution in [0.15, 0.2) is 58.2 Å². The van der Waals surface area contributed by atoms with Gasteiger partial charge in [0.15, 0.2) is 10.4 Å². The molecule has 42 heavy (non-hydrogen) atoms. The monoisotopic (exact) mass is 720 g/mol. The Morgan fingerprint density at radius 2 is 1.64 bits per heavy atom. The highest BCUT2D eigenvalue weighted by atomic mass is 79.9. The first kappa shape index (κ1) is 31.6. The maximum absolute atomic E-state index is 14.2. The number of imidazole rings is 1. The summed E-state index contributed by atoms with van der Waals surface area (Å²) in [6.07, 6.45) is 0.995. The van der Waals surface area contributed by atoms with E-state index in [4.69, 9.17) is 32.2 Å². The van der Waals surface area contributed by atoms with Crippen LogP contribution >= 0.6 is 46.7 Å². The molecular formula is C26H28BrCl2N4O7PS. The number of hydrogen-bond donors (Lipinski definition) is 1. The van der Waals surface area contributed by atoms with E-state index in [2.05, 4.69) is 20.9 Å². The molecular weight excluding hydrogens is 694 g/mol. The average Bonchev–Trinajstić information content (AvgIpc) is 3.47. The SMILES string of the molecule is COP(=O)(OC)C1(O)CCN(S(=O)(=O)c2cnc3n2C(C)(Cc2ccc(Br)cc2)C(=O)N3c2cc(Cl)cc(Cl)c2)CC1. The predicted octanol–water partition coefficient (Wildman–Crippen LogP) is 5.55. The van der Waals surface area contributed by atoms with E-state index in [0.717, 1.165) is 10.0 Å². The smallest absolute Gasteiger partial charge is 0.361 e. The van der Waals surface area contributed by atoms with E-state index in [0.29, 0.717) is 15.7 Å². The van der Waals surface area contributed by atoms with Crippen molar-refractivity contribution < 1.29 is 31.9 Å². The molecule has 2 aliphatic rings. The summed E-state index contributed by atoms with van der Waals surface area (Å²) in [7, 11) is -5.82. The van der Waals surface area contributed by atoms with Crippen LogP contribution in [0.25, 0.3) is 0 Å². The van der Waals surface area contributed by atoms with Gasteiger partial charge in [0.05, 0.1) is 11.9 Å². The van der Waals surface area contributed by atoms with Gasteiger partial charge < -0.3 is 14.2 Å². The van der Waals surface area contributed by atoms with Crippen LogP contribution in [-0.2, 0) is 40.4 Å². The molecule has 1 saturated heterocycles. The van der Waals surface area contributed by atoms with Gasteiger partial charge >= 0.3 is 7.60 Å². The van der Waals surface area contributed by atoms with Crippen molar-refractivity contribution in [1.82, 2.24) is 13.9 Å². The molecule has 226 valence electrons. The lowest BCUT2D eigenvalue weighted by atomic mass is 9.92. The van der Waals surface area contributed by atoms with Crippen molar-refractivity contribution >= 4 is 74.3 Å². The molecule has 0 bridgehead atoms. The summed E-state index contributed by atoms with van der Waals surface area (Å²) in [6, 6.07) is 12.0. The number of piperidine rings is 1. The molecule has 2 aliphatic heterocycles. The molecule has 5 rings (SSSR count). The summed E-state index contributed by atoms with van der Waals surface area (Å²) in [4.78, 5) is 19.9. The molecule has 0 saturated carbocycles. The number of aliphatic hydroxyl groups is 1. The Balaban J connectivity index is 1.59. The van der Waals surface area contributed by atoms with Gasteiger partial charge in [0.25, 0.3) is 15.9 Å². The van der Waals surface area contributed by atoms with Crippen LogP contribution in [0.1, 0.15) is 25.3 Å². The summed E-state index contributed by atoms with van der Waals surface area (Å²) in [5.74, 6) is -0.328. The largest absolute Gasteiger partial charge is 0.377 e. The zero-order chi connectivity index (χ0) is 30.7. The number of anilines is 2. The first-order valence-corrected chi connectivity index (χ1v) is 17.3. The van der Waals surface area contributed by atoms with Gasteiger partial charge in [0.2, 0.25) is 5.95 Å². The van der Waals surface area contributed by atoms with E-state index in [-0.39, 0.29) is 43.3 Å². The lowest BCUT2D eigenvalue weighted by molar-refractivity contribution is -0.124. The Morgan fingerprint density at radius 3 is 2.19 bits per heavy atom. The quantitative estimate of drug-likeness (QED) is 0.300. The zero-order valence-electron chi connectivity index (χ0n) is 22.8. The van der Waals surface area contributed by atoms with Crippen molar-refractivity contribution in [3.8, 4) is 0 Å². The fraction of sp³-hybridized carbons (Fsp3) is 0.385. The number of amides is 1. The van der Waals surface area contributed by atoms with Gasteiger partial charge in [-0.3, -0.25) is 13.9 Å². The molecule has 16 heteroatoms. The fourth-order valence-corrected chi connectivity index (χ4v) is 9.50. The summed E-state index contributed by atoms with van der Waals surface area (Å²) >= 11 is 15.9. The average molecular weight is 722 g/mol. The third-order valence-corrected chi connectivity index (χ3v) is 13.0. The van der Waals surface area contributed by atoms with E-state index in [1.165, 1.54) is 40.3 Å². The van der Waals surface area contributed by atoms with E-state index in [1.807, 2.05) is 24.3 Å². The van der Waals surface area contributed by atoms with Crippen molar-refractivity contribution in [2.24, 2.45) is 0 Å². The van der Waals surface area contributed by atoms with E-state index in [9.17, 15) is 22.9 Å². The number of benzene rings is 2. The lowest BCUT2D eigenvalue weighted by Crippen LogP contribution is -2.48. The number of halogens is 3. The molecule has 1 aromatic heterocycles. The maximum Gasteiger partial charge on any atom is 0.361 e. The molecule has 2 aromatic carbocycles. The Labute approximate surface area is 262 Å². The Morgan fingerprint density at radius 1 is 1.07 bits per heavy atom. The van der Waals surface area contributed by atoms with Gasteiger partial charge in [-0.05, 0) is 42.8 Å². The maximum atomic E-state index is 14.2. The minimum absolute atomic E-state index is 0.0910. The van der Waals surface area contributed by atoms with Crippen molar-refractivity contribution in [2.75, 3.05) is 32.2 Å². The molecule has 1 fully saturated rings. The van der Waals surface area contributed by atoms with E-state index in [1.54, 1.807) is 19.1 Å². The highest BCUT2D eigenvalue weighted by Crippen LogP contribution is 2.61. The normalized spacial score (nSPS) is 21.1. The first-order chi connectivity index (χ1) is 19.7. The first-order valence-electron chi connectivity index (χ1n) is 12.8. The molecule has 1 atom stereocenters. The molecule has 0 aliphatic carbocycles. The molecule has 11 nitrogen and oxygen atoms in total. The number of rotatable bonds is 8.